The number of sulfonamides is 1. The van der Waals surface area contributed by atoms with Gasteiger partial charge >= 0.3 is 0 Å². The molecule has 0 amide bonds. The fraction of sp³-hybridized carbons (Fsp3) is 0. The van der Waals surface area contributed by atoms with Crippen LogP contribution in [0.4, 0.5) is 5.82 Å². The van der Waals surface area contributed by atoms with E-state index in [1.807, 2.05) is 0 Å². The number of aromatic nitrogens is 2. The summed E-state index contributed by atoms with van der Waals surface area (Å²) in [4.78, 5) is 7.70. The van der Waals surface area contributed by atoms with Gasteiger partial charge < -0.3 is 0 Å². The Labute approximate surface area is 117 Å². The summed E-state index contributed by atoms with van der Waals surface area (Å²) in [5, 5.41) is 0.438. The minimum absolute atomic E-state index is 0.0874. The van der Waals surface area contributed by atoms with Crippen molar-refractivity contribution in [2.75, 3.05) is 4.72 Å². The van der Waals surface area contributed by atoms with Crippen molar-refractivity contribution >= 4 is 43.4 Å². The lowest BCUT2D eigenvalue weighted by molar-refractivity contribution is 0.601. The van der Waals surface area contributed by atoms with Gasteiger partial charge in [-0.2, -0.15) is 0 Å². The van der Waals surface area contributed by atoms with Crippen LogP contribution in [-0.4, -0.2) is 18.4 Å². The molecule has 0 fully saturated rings. The van der Waals surface area contributed by atoms with E-state index in [-0.39, 0.29) is 10.7 Å². The monoisotopic (exact) mass is 347 g/mol. The summed E-state index contributed by atoms with van der Waals surface area (Å²) in [5.41, 5.74) is 0. The van der Waals surface area contributed by atoms with Gasteiger partial charge in [-0.3, -0.25) is 9.71 Å². The van der Waals surface area contributed by atoms with Crippen molar-refractivity contribution in [2.45, 2.75) is 4.90 Å². The van der Waals surface area contributed by atoms with Crippen LogP contribution in [0.25, 0.3) is 0 Å². The molecule has 0 radical (unpaired) electrons. The summed E-state index contributed by atoms with van der Waals surface area (Å²) >= 11 is 8.98. The van der Waals surface area contributed by atoms with E-state index in [1.165, 1.54) is 36.8 Å². The third kappa shape index (κ3) is 2.98. The molecule has 0 atom stereocenters. The van der Waals surface area contributed by atoms with Crippen molar-refractivity contribution < 1.29 is 8.42 Å². The van der Waals surface area contributed by atoms with Gasteiger partial charge in [-0.25, -0.2) is 13.4 Å². The molecule has 94 valence electrons. The number of nitrogens with zero attached hydrogens (tertiary/aromatic N) is 2. The molecule has 0 saturated carbocycles. The van der Waals surface area contributed by atoms with Crippen LogP contribution in [0.1, 0.15) is 0 Å². The maximum Gasteiger partial charge on any atom is 0.263 e. The van der Waals surface area contributed by atoms with Crippen molar-refractivity contribution in [1.29, 1.82) is 0 Å². The molecule has 8 heteroatoms. The summed E-state index contributed by atoms with van der Waals surface area (Å²) in [5.74, 6) is 0.156. The van der Waals surface area contributed by atoms with Crippen LogP contribution in [0.5, 0.6) is 0 Å². The van der Waals surface area contributed by atoms with E-state index in [0.717, 1.165) is 0 Å². The zero-order valence-corrected chi connectivity index (χ0v) is 12.0. The standard InChI is InChI=1S/C10H7BrClN3O2S/c11-8-5-7(1-2-9(8)12)18(16,17)15-10-6-13-3-4-14-10/h1-6H,(H,14,15). The lowest BCUT2D eigenvalue weighted by Crippen LogP contribution is -2.14. The predicted molar refractivity (Wildman–Crippen MR) is 72.0 cm³/mol. The fourth-order valence-corrected chi connectivity index (χ4v) is 2.86. The molecule has 5 nitrogen and oxygen atoms in total. The van der Waals surface area contributed by atoms with Crippen LogP contribution < -0.4 is 4.72 Å². The molecule has 0 aliphatic rings. The highest BCUT2D eigenvalue weighted by Gasteiger charge is 2.15. The van der Waals surface area contributed by atoms with E-state index < -0.39 is 10.0 Å². The second kappa shape index (κ2) is 5.21. The molecule has 1 aromatic heterocycles. The fourth-order valence-electron chi connectivity index (χ4n) is 1.19. The molecule has 2 aromatic rings. The first kappa shape index (κ1) is 13.3. The molecule has 0 bridgehead atoms. The Morgan fingerprint density at radius 3 is 2.67 bits per heavy atom. The average molecular weight is 349 g/mol. The van der Waals surface area contributed by atoms with Crippen LogP contribution >= 0.6 is 27.5 Å². The van der Waals surface area contributed by atoms with Crippen molar-refractivity contribution in [2.24, 2.45) is 0 Å². The Balaban J connectivity index is 2.34. The van der Waals surface area contributed by atoms with Gasteiger partial charge in [-0.05, 0) is 34.1 Å². The van der Waals surface area contributed by atoms with Gasteiger partial charge in [0, 0.05) is 16.9 Å². The summed E-state index contributed by atoms with van der Waals surface area (Å²) in [6, 6.07) is 4.32. The van der Waals surface area contributed by atoms with E-state index in [2.05, 4.69) is 30.6 Å². The molecule has 18 heavy (non-hydrogen) atoms. The first-order chi connectivity index (χ1) is 8.49. The van der Waals surface area contributed by atoms with Gasteiger partial charge in [0.1, 0.15) is 0 Å². The van der Waals surface area contributed by atoms with E-state index in [4.69, 9.17) is 11.6 Å². The van der Waals surface area contributed by atoms with Crippen LogP contribution in [0.15, 0.2) is 46.2 Å². The Morgan fingerprint density at radius 2 is 2.06 bits per heavy atom. The molecular formula is C10H7BrClN3O2S. The SMILES string of the molecule is O=S(=O)(Nc1cnccn1)c1ccc(Cl)c(Br)c1. The molecule has 0 spiro atoms. The zero-order valence-electron chi connectivity index (χ0n) is 8.84. The molecule has 0 aliphatic heterocycles. The summed E-state index contributed by atoms with van der Waals surface area (Å²) in [6.45, 7) is 0. The maximum atomic E-state index is 12.0. The number of hydrogen-bond acceptors (Lipinski definition) is 4. The van der Waals surface area contributed by atoms with Gasteiger partial charge in [0.25, 0.3) is 10.0 Å². The number of nitrogens with one attached hydrogen (secondary N) is 1. The van der Waals surface area contributed by atoms with Gasteiger partial charge in [0.2, 0.25) is 0 Å². The highest BCUT2D eigenvalue weighted by molar-refractivity contribution is 9.10. The first-order valence-electron chi connectivity index (χ1n) is 4.73. The number of hydrogen-bond donors (Lipinski definition) is 1. The lowest BCUT2D eigenvalue weighted by Gasteiger charge is -2.07. The summed E-state index contributed by atoms with van der Waals surface area (Å²) < 4.78 is 26.9. The third-order valence-corrected chi connectivity index (χ3v) is 4.57. The number of halogens is 2. The number of rotatable bonds is 3. The van der Waals surface area contributed by atoms with E-state index in [0.29, 0.717) is 9.50 Å². The van der Waals surface area contributed by atoms with E-state index in [9.17, 15) is 8.42 Å². The van der Waals surface area contributed by atoms with Gasteiger partial charge in [-0.15, -0.1) is 0 Å². The number of benzene rings is 1. The predicted octanol–water partition coefficient (Wildman–Crippen LogP) is 2.69. The molecule has 1 N–H and O–H groups in total. The van der Waals surface area contributed by atoms with E-state index >= 15 is 0 Å². The van der Waals surface area contributed by atoms with Crippen LogP contribution in [0.2, 0.25) is 5.02 Å². The Kier molecular flexibility index (Phi) is 3.84. The molecule has 1 aromatic carbocycles. The summed E-state index contributed by atoms with van der Waals surface area (Å²) in [6.07, 6.45) is 4.18. The molecule has 2 rings (SSSR count). The minimum atomic E-state index is -3.69. The quantitative estimate of drug-likeness (QED) is 0.925. The second-order valence-corrected chi connectivity index (χ2v) is 6.22. The van der Waals surface area contributed by atoms with E-state index in [1.54, 1.807) is 0 Å². The smallest absolute Gasteiger partial charge is 0.262 e. The highest BCUT2D eigenvalue weighted by Crippen LogP contribution is 2.26. The van der Waals surface area contributed by atoms with Gasteiger partial charge in [-0.1, -0.05) is 11.6 Å². The second-order valence-electron chi connectivity index (χ2n) is 3.27. The summed E-state index contributed by atoms with van der Waals surface area (Å²) in [7, 11) is -3.69. The lowest BCUT2D eigenvalue weighted by atomic mass is 10.4. The Morgan fingerprint density at radius 1 is 1.28 bits per heavy atom. The van der Waals surface area contributed by atoms with Crippen molar-refractivity contribution in [3.05, 3.63) is 46.3 Å². The van der Waals surface area contributed by atoms with Crippen LogP contribution in [0.3, 0.4) is 0 Å². The molecular weight excluding hydrogens is 342 g/mol. The first-order valence-corrected chi connectivity index (χ1v) is 7.38. The average Bonchev–Trinajstić information content (AvgIpc) is 2.33. The largest absolute Gasteiger partial charge is 0.263 e. The normalized spacial score (nSPS) is 11.2. The zero-order chi connectivity index (χ0) is 13.2. The van der Waals surface area contributed by atoms with Crippen LogP contribution in [0, 0.1) is 0 Å². The Bertz CT molecular complexity index is 664. The van der Waals surface area contributed by atoms with Crippen molar-refractivity contribution in [1.82, 2.24) is 9.97 Å². The van der Waals surface area contributed by atoms with Crippen molar-refractivity contribution in [3.8, 4) is 0 Å². The Hall–Kier alpha value is -1.18. The van der Waals surface area contributed by atoms with Gasteiger partial charge in [0.15, 0.2) is 5.82 Å². The third-order valence-electron chi connectivity index (χ3n) is 2.00. The van der Waals surface area contributed by atoms with Gasteiger partial charge in [0.05, 0.1) is 16.1 Å². The molecule has 1 heterocycles. The molecule has 0 saturated heterocycles. The molecule has 0 aliphatic carbocycles. The topological polar surface area (TPSA) is 72.0 Å². The van der Waals surface area contributed by atoms with Crippen LogP contribution in [-0.2, 0) is 10.0 Å². The number of anilines is 1. The minimum Gasteiger partial charge on any atom is -0.262 e. The molecule has 0 unspecified atom stereocenters. The van der Waals surface area contributed by atoms with Crippen molar-refractivity contribution in [3.63, 3.8) is 0 Å². The highest BCUT2D eigenvalue weighted by atomic mass is 79.9. The maximum absolute atomic E-state index is 12.0.